The number of thioether (sulfide) groups is 1. The minimum atomic E-state index is 0.781. The fourth-order valence-corrected chi connectivity index (χ4v) is 1.53. The maximum atomic E-state index is 3.42. The molecule has 1 nitrogen and oxygen atoms in total. The summed E-state index contributed by atoms with van der Waals surface area (Å²) < 4.78 is 0. The smallest absolute Gasteiger partial charge is 0.00606 e. The Morgan fingerprint density at radius 2 is 2.00 bits per heavy atom. The van der Waals surface area contributed by atoms with E-state index in [9.17, 15) is 0 Å². The molecule has 0 bridgehead atoms. The summed E-state index contributed by atoms with van der Waals surface area (Å²) in [5.74, 6) is 1.25. The molecule has 2 heteroatoms. The van der Waals surface area contributed by atoms with Gasteiger partial charge in [0.2, 0.25) is 0 Å². The van der Waals surface area contributed by atoms with Gasteiger partial charge in [0, 0.05) is 12.3 Å². The van der Waals surface area contributed by atoms with Gasteiger partial charge >= 0.3 is 0 Å². The van der Waals surface area contributed by atoms with Crippen LogP contribution in [-0.2, 0) is 0 Å². The molecule has 0 radical (unpaired) electrons. The molecule has 0 aromatic carbocycles. The molecule has 0 atom stereocenters. The van der Waals surface area contributed by atoms with Gasteiger partial charge in [0.15, 0.2) is 0 Å². The van der Waals surface area contributed by atoms with Crippen molar-refractivity contribution in [1.82, 2.24) is 5.32 Å². The molecular weight excluding hydrogens is 154 g/mol. The summed E-state index contributed by atoms with van der Waals surface area (Å²) in [6.07, 6.45) is 2.61. The summed E-state index contributed by atoms with van der Waals surface area (Å²) in [4.78, 5) is 0. The van der Waals surface area contributed by atoms with E-state index in [1.165, 1.54) is 31.7 Å². The second-order valence-corrected chi connectivity index (χ2v) is 4.71. The summed E-state index contributed by atoms with van der Waals surface area (Å²) in [5, 5.41) is 4.20. The first kappa shape index (κ1) is 11.3. The molecular formula is C9H21NS. The fraction of sp³-hybridized carbons (Fsp3) is 1.00. The zero-order valence-electron chi connectivity index (χ0n) is 8.02. The molecule has 0 aliphatic heterocycles. The summed E-state index contributed by atoms with van der Waals surface area (Å²) in [5.41, 5.74) is 0. The summed E-state index contributed by atoms with van der Waals surface area (Å²) >= 11 is 2.03. The highest BCUT2D eigenvalue weighted by molar-refractivity contribution is 7.99. The Balaban J connectivity index is 2.80. The van der Waals surface area contributed by atoms with E-state index >= 15 is 0 Å². The van der Waals surface area contributed by atoms with Gasteiger partial charge in [0.05, 0.1) is 0 Å². The normalized spacial score (nSPS) is 10.9. The van der Waals surface area contributed by atoms with Gasteiger partial charge in [-0.2, -0.15) is 11.8 Å². The average molecular weight is 175 g/mol. The molecule has 0 aliphatic carbocycles. The van der Waals surface area contributed by atoms with Crippen molar-refractivity contribution >= 4 is 11.8 Å². The van der Waals surface area contributed by atoms with Crippen LogP contribution in [0.15, 0.2) is 0 Å². The van der Waals surface area contributed by atoms with Crippen LogP contribution in [0.2, 0.25) is 0 Å². The van der Waals surface area contributed by atoms with Crippen molar-refractivity contribution < 1.29 is 0 Å². The van der Waals surface area contributed by atoms with Crippen molar-refractivity contribution in [2.45, 2.75) is 38.9 Å². The van der Waals surface area contributed by atoms with Crippen molar-refractivity contribution in [3.63, 3.8) is 0 Å². The highest BCUT2D eigenvalue weighted by atomic mass is 32.2. The van der Waals surface area contributed by atoms with Crippen LogP contribution in [0, 0.1) is 0 Å². The highest BCUT2D eigenvalue weighted by Gasteiger charge is 1.92. The highest BCUT2D eigenvalue weighted by Crippen LogP contribution is 2.06. The molecule has 0 saturated heterocycles. The van der Waals surface area contributed by atoms with Crippen LogP contribution in [0.3, 0.4) is 0 Å². The van der Waals surface area contributed by atoms with Crippen LogP contribution in [0.1, 0.15) is 33.6 Å². The van der Waals surface area contributed by atoms with E-state index in [1.807, 2.05) is 11.8 Å². The summed E-state index contributed by atoms with van der Waals surface area (Å²) in [7, 11) is 0. The quantitative estimate of drug-likeness (QED) is 0.597. The second-order valence-electron chi connectivity index (χ2n) is 3.02. The van der Waals surface area contributed by atoms with Crippen LogP contribution in [0.4, 0.5) is 0 Å². The van der Waals surface area contributed by atoms with E-state index in [4.69, 9.17) is 0 Å². The Hall–Kier alpha value is 0.310. The predicted octanol–water partition coefficient (Wildman–Crippen LogP) is 2.52. The van der Waals surface area contributed by atoms with Gasteiger partial charge in [-0.1, -0.05) is 27.2 Å². The lowest BCUT2D eigenvalue weighted by Gasteiger charge is -2.05. The molecule has 0 unspecified atom stereocenters. The van der Waals surface area contributed by atoms with E-state index in [0.717, 1.165) is 5.25 Å². The Morgan fingerprint density at radius 3 is 2.55 bits per heavy atom. The summed E-state index contributed by atoms with van der Waals surface area (Å²) in [6, 6.07) is 0. The third-order valence-corrected chi connectivity index (χ3v) is 2.54. The van der Waals surface area contributed by atoms with E-state index in [1.54, 1.807) is 0 Å². The largest absolute Gasteiger partial charge is 0.316 e. The molecule has 0 aliphatic rings. The van der Waals surface area contributed by atoms with E-state index < -0.39 is 0 Å². The van der Waals surface area contributed by atoms with Crippen molar-refractivity contribution in [3.8, 4) is 0 Å². The molecule has 0 fully saturated rings. The molecule has 0 heterocycles. The molecule has 0 spiro atoms. The van der Waals surface area contributed by atoms with Gasteiger partial charge in [-0.25, -0.2) is 0 Å². The molecule has 68 valence electrons. The van der Waals surface area contributed by atoms with Crippen molar-refractivity contribution in [2.75, 3.05) is 18.8 Å². The zero-order chi connectivity index (χ0) is 8.53. The van der Waals surface area contributed by atoms with Crippen LogP contribution in [0.5, 0.6) is 0 Å². The van der Waals surface area contributed by atoms with Gasteiger partial charge in [-0.15, -0.1) is 0 Å². The molecule has 0 aromatic heterocycles. The van der Waals surface area contributed by atoms with Gasteiger partial charge < -0.3 is 5.32 Å². The summed E-state index contributed by atoms with van der Waals surface area (Å²) in [6.45, 7) is 9.08. The topological polar surface area (TPSA) is 12.0 Å². The molecule has 0 saturated carbocycles. The molecule has 0 aromatic rings. The van der Waals surface area contributed by atoms with Crippen molar-refractivity contribution in [2.24, 2.45) is 0 Å². The average Bonchev–Trinajstić information content (AvgIpc) is 1.96. The SMILES string of the molecule is CCCCNCCSC(C)C. The molecule has 11 heavy (non-hydrogen) atoms. The lowest BCUT2D eigenvalue weighted by atomic mass is 10.3. The van der Waals surface area contributed by atoms with Crippen molar-refractivity contribution in [1.29, 1.82) is 0 Å². The lowest BCUT2D eigenvalue weighted by Crippen LogP contribution is -2.18. The fourth-order valence-electron chi connectivity index (χ4n) is 0.794. The van der Waals surface area contributed by atoms with Gasteiger partial charge in [0.25, 0.3) is 0 Å². The van der Waals surface area contributed by atoms with Crippen LogP contribution in [0.25, 0.3) is 0 Å². The second kappa shape index (κ2) is 8.41. The number of hydrogen-bond acceptors (Lipinski definition) is 2. The minimum absolute atomic E-state index is 0.781. The Bertz CT molecular complexity index is 74.0. The first-order chi connectivity index (χ1) is 5.27. The standard InChI is InChI=1S/C9H21NS/c1-4-5-6-10-7-8-11-9(2)3/h9-10H,4-8H2,1-3H3. The van der Waals surface area contributed by atoms with E-state index in [0.29, 0.717) is 0 Å². The molecule has 0 amide bonds. The van der Waals surface area contributed by atoms with E-state index in [-0.39, 0.29) is 0 Å². The number of rotatable bonds is 7. The van der Waals surface area contributed by atoms with Gasteiger partial charge in [-0.3, -0.25) is 0 Å². The number of nitrogens with one attached hydrogen (secondary N) is 1. The zero-order valence-corrected chi connectivity index (χ0v) is 8.84. The first-order valence-corrected chi connectivity index (χ1v) is 5.64. The van der Waals surface area contributed by atoms with Crippen LogP contribution in [-0.4, -0.2) is 24.1 Å². The lowest BCUT2D eigenvalue weighted by molar-refractivity contribution is 0.666. The Kier molecular flexibility index (Phi) is 8.64. The maximum Gasteiger partial charge on any atom is 0.00606 e. The van der Waals surface area contributed by atoms with Gasteiger partial charge in [0.1, 0.15) is 0 Å². The van der Waals surface area contributed by atoms with Gasteiger partial charge in [-0.05, 0) is 18.2 Å². The molecule has 0 rings (SSSR count). The van der Waals surface area contributed by atoms with Crippen LogP contribution >= 0.6 is 11.8 Å². The molecule has 1 N–H and O–H groups in total. The minimum Gasteiger partial charge on any atom is -0.316 e. The monoisotopic (exact) mass is 175 g/mol. The van der Waals surface area contributed by atoms with Crippen molar-refractivity contribution in [3.05, 3.63) is 0 Å². The number of unbranched alkanes of at least 4 members (excludes halogenated alkanes) is 1. The predicted molar refractivity (Wildman–Crippen MR) is 55.4 cm³/mol. The first-order valence-electron chi connectivity index (χ1n) is 4.59. The Labute approximate surface area is 75.3 Å². The third-order valence-electron chi connectivity index (χ3n) is 1.44. The number of hydrogen-bond donors (Lipinski definition) is 1. The van der Waals surface area contributed by atoms with Crippen LogP contribution < -0.4 is 5.32 Å². The Morgan fingerprint density at radius 1 is 1.27 bits per heavy atom. The maximum absolute atomic E-state index is 3.42. The third kappa shape index (κ3) is 10.3. The van der Waals surface area contributed by atoms with E-state index in [2.05, 4.69) is 26.1 Å².